The van der Waals surface area contributed by atoms with E-state index in [0.717, 1.165) is 41.6 Å². The molecular weight excluding hydrogens is 430 g/mol. The van der Waals surface area contributed by atoms with Crippen molar-refractivity contribution in [2.24, 2.45) is 23.7 Å². The highest BCUT2D eigenvalue weighted by Crippen LogP contribution is 2.41. The van der Waals surface area contributed by atoms with Gasteiger partial charge in [0.2, 0.25) is 0 Å². The van der Waals surface area contributed by atoms with E-state index in [1.807, 2.05) is 6.07 Å². The molecule has 2 aliphatic rings. The topological polar surface area (TPSA) is 28.6 Å². The summed E-state index contributed by atoms with van der Waals surface area (Å²) in [6.07, 6.45) is 5.46. The van der Waals surface area contributed by atoms with E-state index in [0.29, 0.717) is 0 Å². The van der Waals surface area contributed by atoms with Crippen molar-refractivity contribution in [3.63, 3.8) is 0 Å². The van der Waals surface area contributed by atoms with Crippen LogP contribution in [0.25, 0.3) is 6.08 Å². The average Bonchev–Trinajstić information content (AvgIpc) is 2.69. The Morgan fingerprint density at radius 3 is 1.97 bits per heavy atom. The molecule has 0 radical (unpaired) electrons. The molecule has 2 fully saturated rings. The van der Waals surface area contributed by atoms with E-state index >= 15 is 0 Å². The van der Waals surface area contributed by atoms with Gasteiger partial charge in [-0.2, -0.15) is 0 Å². The number of pyridine rings is 1. The summed E-state index contributed by atoms with van der Waals surface area (Å²) in [4.78, 5) is 9.16. The molecule has 35 heavy (non-hydrogen) atoms. The Hall–Kier alpha value is -1.23. The number of hydrogen-bond acceptors (Lipinski definition) is 4. The normalized spacial score (nSPS) is 20.1. The lowest BCUT2D eigenvalue weighted by Crippen LogP contribution is -2.48. The summed E-state index contributed by atoms with van der Waals surface area (Å²) >= 11 is 0. The Bertz CT molecular complexity index is 716. The van der Waals surface area contributed by atoms with Gasteiger partial charge in [0.25, 0.3) is 0 Å². The first-order valence-corrected chi connectivity index (χ1v) is 13.8. The number of ether oxygens (including phenoxy) is 1. The van der Waals surface area contributed by atoms with E-state index in [-0.39, 0.29) is 11.2 Å². The van der Waals surface area contributed by atoms with Crippen molar-refractivity contribution in [2.45, 2.75) is 99.3 Å². The van der Waals surface area contributed by atoms with Gasteiger partial charge in [-0.15, -0.1) is 0 Å². The lowest BCUT2D eigenvalue weighted by atomic mass is 9.75. The Labute approximate surface area is 218 Å². The minimum Gasteiger partial charge on any atom is -0.370 e. The fraction of sp³-hybridized carbons (Fsp3) is 0.774. The van der Waals surface area contributed by atoms with Gasteiger partial charge in [-0.05, 0) is 109 Å². The maximum absolute atomic E-state index is 6.04. The third kappa shape index (κ3) is 12.5. The molecule has 1 aromatic heterocycles. The number of aromatic nitrogens is 1. The van der Waals surface area contributed by atoms with Crippen LogP contribution < -0.4 is 0 Å². The summed E-state index contributed by atoms with van der Waals surface area (Å²) in [5, 5.41) is 0. The zero-order valence-electron chi connectivity index (χ0n) is 25.0. The van der Waals surface area contributed by atoms with Crippen LogP contribution in [-0.4, -0.2) is 59.7 Å². The molecule has 0 unspecified atom stereocenters. The first-order valence-electron chi connectivity index (χ1n) is 13.8. The van der Waals surface area contributed by atoms with Crippen LogP contribution in [-0.2, 0) is 11.3 Å². The summed E-state index contributed by atoms with van der Waals surface area (Å²) in [6, 6.07) is 6.14. The molecule has 0 amide bonds. The van der Waals surface area contributed by atoms with Crippen molar-refractivity contribution in [1.82, 2.24) is 14.8 Å². The fourth-order valence-corrected chi connectivity index (χ4v) is 5.17. The van der Waals surface area contributed by atoms with Gasteiger partial charge >= 0.3 is 0 Å². The maximum atomic E-state index is 6.04. The van der Waals surface area contributed by atoms with Crippen LogP contribution in [0.1, 0.15) is 93.0 Å². The second-order valence-corrected chi connectivity index (χ2v) is 12.8. The smallest absolute Gasteiger partial charge is 0.0636 e. The minimum absolute atomic E-state index is 0.0662. The van der Waals surface area contributed by atoms with Crippen LogP contribution in [0, 0.1) is 23.7 Å². The van der Waals surface area contributed by atoms with Gasteiger partial charge in [0.15, 0.2) is 0 Å². The molecule has 0 aliphatic carbocycles. The quantitative estimate of drug-likeness (QED) is 0.401. The van der Waals surface area contributed by atoms with Gasteiger partial charge in [0, 0.05) is 19.6 Å². The molecule has 0 bridgehead atoms. The highest BCUT2D eigenvalue weighted by Gasteiger charge is 2.39. The summed E-state index contributed by atoms with van der Waals surface area (Å²) in [7, 11) is 4.17. The van der Waals surface area contributed by atoms with Crippen molar-refractivity contribution in [3.05, 3.63) is 36.2 Å². The van der Waals surface area contributed by atoms with Crippen LogP contribution in [0.5, 0.6) is 0 Å². The first kappa shape index (κ1) is 31.8. The van der Waals surface area contributed by atoms with Gasteiger partial charge in [0.05, 0.1) is 22.6 Å². The van der Waals surface area contributed by atoms with Gasteiger partial charge in [-0.1, -0.05) is 47.3 Å². The number of likely N-dealkylation sites (tertiary alicyclic amines) is 1. The van der Waals surface area contributed by atoms with Crippen LogP contribution in [0.2, 0.25) is 0 Å². The average molecular weight is 488 g/mol. The summed E-state index contributed by atoms with van der Waals surface area (Å²) in [6.45, 7) is 28.6. The van der Waals surface area contributed by atoms with Crippen LogP contribution in [0.15, 0.2) is 24.8 Å². The predicted octanol–water partition coefficient (Wildman–Crippen LogP) is 7.40. The molecule has 0 aromatic carbocycles. The SMILES string of the molecule is C=Cc1cccc(CN2CC(C(C)C)C2)n1.CC(C)C1CC(C)(C)OC(C)(C)C1.CCCN(C)C. The molecule has 0 saturated carbocycles. The standard InChI is InChI=1S/C14H20N2.C12H24O.C5H13N/c1-4-13-6-5-7-14(15-13)10-16-8-12(9-16)11(2)3;1-9(2)10-7-11(3,4)13-12(5,6)8-10;1-4-5-6(2)3/h4-7,11-12H,1,8-10H2,2-3H3;9-10H,7-8H2,1-6H3;4-5H2,1-3H3. The molecule has 0 N–H and O–H groups in total. The third-order valence-corrected chi connectivity index (χ3v) is 7.03. The van der Waals surface area contributed by atoms with E-state index in [1.165, 1.54) is 38.9 Å². The van der Waals surface area contributed by atoms with Gasteiger partial charge < -0.3 is 9.64 Å². The van der Waals surface area contributed by atoms with Crippen LogP contribution in [0.3, 0.4) is 0 Å². The Balaban J connectivity index is 0.000000290. The van der Waals surface area contributed by atoms with Crippen molar-refractivity contribution in [1.29, 1.82) is 0 Å². The van der Waals surface area contributed by atoms with E-state index < -0.39 is 0 Å². The second-order valence-electron chi connectivity index (χ2n) is 12.8. The second kappa shape index (κ2) is 14.5. The lowest BCUT2D eigenvalue weighted by molar-refractivity contribution is -0.177. The van der Waals surface area contributed by atoms with Crippen molar-refractivity contribution in [3.8, 4) is 0 Å². The summed E-state index contributed by atoms with van der Waals surface area (Å²) < 4.78 is 6.04. The van der Waals surface area contributed by atoms with Crippen LogP contribution >= 0.6 is 0 Å². The molecule has 3 rings (SSSR count). The van der Waals surface area contributed by atoms with Crippen molar-refractivity contribution < 1.29 is 4.74 Å². The maximum Gasteiger partial charge on any atom is 0.0636 e. The molecule has 202 valence electrons. The molecule has 2 aliphatic heterocycles. The molecule has 3 heterocycles. The zero-order valence-corrected chi connectivity index (χ0v) is 25.0. The van der Waals surface area contributed by atoms with E-state index in [4.69, 9.17) is 4.74 Å². The Kier molecular flexibility index (Phi) is 13.2. The van der Waals surface area contributed by atoms with E-state index in [2.05, 4.69) is 110 Å². The highest BCUT2D eigenvalue weighted by molar-refractivity contribution is 5.41. The predicted molar refractivity (Wildman–Crippen MR) is 154 cm³/mol. The van der Waals surface area contributed by atoms with Gasteiger partial charge in [0.1, 0.15) is 0 Å². The number of nitrogens with zero attached hydrogens (tertiary/aromatic N) is 3. The number of rotatable bonds is 7. The van der Waals surface area contributed by atoms with Gasteiger partial charge in [-0.3, -0.25) is 9.88 Å². The first-order chi connectivity index (χ1) is 16.2. The van der Waals surface area contributed by atoms with E-state index in [1.54, 1.807) is 6.08 Å². The Morgan fingerprint density at radius 1 is 1.03 bits per heavy atom. The third-order valence-electron chi connectivity index (χ3n) is 7.03. The number of hydrogen-bond donors (Lipinski definition) is 0. The minimum atomic E-state index is 0.0662. The molecular formula is C31H57N3O. The monoisotopic (exact) mass is 487 g/mol. The molecule has 1 aromatic rings. The molecule has 4 heteroatoms. The zero-order chi connectivity index (χ0) is 26.8. The summed E-state index contributed by atoms with van der Waals surface area (Å²) in [5.74, 6) is 3.28. The fourth-order valence-electron chi connectivity index (χ4n) is 5.17. The highest BCUT2D eigenvalue weighted by atomic mass is 16.5. The Morgan fingerprint density at radius 2 is 1.57 bits per heavy atom. The molecule has 4 nitrogen and oxygen atoms in total. The summed E-state index contributed by atoms with van der Waals surface area (Å²) in [5.41, 5.74) is 2.26. The molecule has 0 spiro atoms. The van der Waals surface area contributed by atoms with Crippen molar-refractivity contribution in [2.75, 3.05) is 33.7 Å². The molecule has 2 saturated heterocycles. The van der Waals surface area contributed by atoms with E-state index in [9.17, 15) is 0 Å². The van der Waals surface area contributed by atoms with Crippen LogP contribution in [0.4, 0.5) is 0 Å². The lowest BCUT2D eigenvalue weighted by Gasteiger charge is -2.46. The largest absolute Gasteiger partial charge is 0.370 e. The molecule has 0 atom stereocenters. The van der Waals surface area contributed by atoms with Crippen molar-refractivity contribution >= 4 is 6.08 Å². The van der Waals surface area contributed by atoms with Gasteiger partial charge in [-0.25, -0.2) is 0 Å².